The lowest BCUT2D eigenvalue weighted by molar-refractivity contribution is 0.0697. The Kier molecular flexibility index (Phi) is 2.81. The number of aromatic nitrogens is 4. The van der Waals surface area contributed by atoms with Gasteiger partial charge in [-0.15, -0.1) is 11.3 Å². The molecule has 0 aliphatic heterocycles. The van der Waals surface area contributed by atoms with Crippen molar-refractivity contribution >= 4 is 17.3 Å². The zero-order chi connectivity index (χ0) is 13.2. The van der Waals surface area contributed by atoms with Crippen molar-refractivity contribution in [3.63, 3.8) is 0 Å². The van der Waals surface area contributed by atoms with E-state index in [1.54, 1.807) is 29.9 Å². The van der Waals surface area contributed by atoms with Crippen molar-refractivity contribution in [2.24, 2.45) is 0 Å². The second kappa shape index (κ2) is 4.62. The van der Waals surface area contributed by atoms with Crippen molar-refractivity contribution in [3.05, 3.63) is 47.7 Å². The molecule has 6 nitrogen and oxygen atoms in total. The van der Waals surface area contributed by atoms with Crippen LogP contribution in [-0.4, -0.2) is 30.8 Å². The van der Waals surface area contributed by atoms with Gasteiger partial charge in [0.2, 0.25) is 0 Å². The lowest BCUT2D eigenvalue weighted by Crippen LogP contribution is -1.97. The Morgan fingerprint density at radius 2 is 2.16 bits per heavy atom. The third-order valence-electron chi connectivity index (χ3n) is 2.46. The maximum Gasteiger partial charge on any atom is 0.339 e. The number of pyridine rings is 1. The predicted octanol–water partition coefficient (Wildman–Crippen LogP) is 2.09. The van der Waals surface area contributed by atoms with Gasteiger partial charge in [-0.2, -0.15) is 5.10 Å². The fraction of sp³-hybridized carbons (Fsp3) is 0. The molecule has 3 aromatic heterocycles. The molecule has 0 saturated carbocycles. The van der Waals surface area contributed by atoms with E-state index in [1.807, 2.05) is 6.07 Å². The molecule has 3 rings (SSSR count). The van der Waals surface area contributed by atoms with Crippen LogP contribution >= 0.6 is 11.3 Å². The molecule has 0 amide bonds. The first-order valence-electron chi connectivity index (χ1n) is 5.40. The number of aromatic carboxylic acids is 1. The fourth-order valence-corrected chi connectivity index (χ4v) is 2.27. The Morgan fingerprint density at radius 1 is 1.26 bits per heavy atom. The summed E-state index contributed by atoms with van der Waals surface area (Å²) in [7, 11) is 0. The molecule has 3 aromatic rings. The van der Waals surface area contributed by atoms with Crippen LogP contribution in [0.15, 0.2) is 42.2 Å². The quantitative estimate of drug-likeness (QED) is 0.789. The van der Waals surface area contributed by atoms with Crippen molar-refractivity contribution in [2.75, 3.05) is 0 Å². The highest BCUT2D eigenvalue weighted by atomic mass is 32.1. The summed E-state index contributed by atoms with van der Waals surface area (Å²) in [5, 5.41) is 15.8. The molecule has 94 valence electrons. The second-order valence-corrected chi connectivity index (χ2v) is 4.56. The van der Waals surface area contributed by atoms with Crippen molar-refractivity contribution in [1.29, 1.82) is 0 Å². The first kappa shape index (κ1) is 11.5. The van der Waals surface area contributed by atoms with Crippen molar-refractivity contribution < 1.29 is 9.90 Å². The Morgan fingerprint density at radius 3 is 2.79 bits per heavy atom. The third kappa shape index (κ3) is 2.11. The number of hydrogen-bond donors (Lipinski definition) is 1. The highest BCUT2D eigenvalue weighted by Crippen LogP contribution is 2.25. The Labute approximate surface area is 112 Å². The van der Waals surface area contributed by atoms with Crippen molar-refractivity contribution in [3.8, 4) is 16.5 Å². The van der Waals surface area contributed by atoms with Gasteiger partial charge in [0.15, 0.2) is 5.82 Å². The maximum absolute atomic E-state index is 11.3. The summed E-state index contributed by atoms with van der Waals surface area (Å²) < 4.78 is 1.44. The molecule has 0 atom stereocenters. The molecule has 0 aliphatic rings. The normalized spacial score (nSPS) is 10.5. The minimum absolute atomic E-state index is 0.112. The first-order chi connectivity index (χ1) is 9.25. The summed E-state index contributed by atoms with van der Waals surface area (Å²) in [5.41, 5.74) is 0.466. The van der Waals surface area contributed by atoms with Gasteiger partial charge in [-0.25, -0.2) is 19.4 Å². The predicted molar refractivity (Wildman–Crippen MR) is 69.4 cm³/mol. The molecule has 0 aromatic carbocycles. The van der Waals surface area contributed by atoms with E-state index in [4.69, 9.17) is 0 Å². The van der Waals surface area contributed by atoms with E-state index in [9.17, 15) is 9.90 Å². The highest BCUT2D eigenvalue weighted by molar-refractivity contribution is 7.13. The van der Waals surface area contributed by atoms with Gasteiger partial charge in [-0.3, -0.25) is 0 Å². The van der Waals surface area contributed by atoms with Crippen LogP contribution in [0.4, 0.5) is 0 Å². The monoisotopic (exact) mass is 272 g/mol. The third-order valence-corrected chi connectivity index (χ3v) is 3.24. The average molecular weight is 272 g/mol. The molecule has 19 heavy (non-hydrogen) atoms. The van der Waals surface area contributed by atoms with Gasteiger partial charge >= 0.3 is 5.97 Å². The van der Waals surface area contributed by atoms with E-state index < -0.39 is 5.97 Å². The SMILES string of the molecule is O=C(O)c1cn(-c2ccccn2)nc1-c1nccs1. The lowest BCUT2D eigenvalue weighted by atomic mass is 10.2. The number of nitrogens with zero attached hydrogens (tertiary/aromatic N) is 4. The maximum atomic E-state index is 11.3. The lowest BCUT2D eigenvalue weighted by Gasteiger charge is -1.97. The summed E-state index contributed by atoms with van der Waals surface area (Å²) in [6.07, 6.45) is 4.69. The van der Waals surface area contributed by atoms with Crippen LogP contribution in [-0.2, 0) is 0 Å². The van der Waals surface area contributed by atoms with Crippen LogP contribution in [0, 0.1) is 0 Å². The molecule has 0 spiro atoms. The Bertz CT molecular complexity index is 707. The number of rotatable bonds is 3. The van der Waals surface area contributed by atoms with Crippen LogP contribution in [0.25, 0.3) is 16.5 Å². The van der Waals surface area contributed by atoms with Gasteiger partial charge in [-0.1, -0.05) is 6.07 Å². The van der Waals surface area contributed by atoms with E-state index in [0.717, 1.165) is 0 Å². The fourth-order valence-electron chi connectivity index (χ4n) is 1.64. The number of carboxylic acids is 1. The minimum atomic E-state index is -1.03. The summed E-state index contributed by atoms with van der Waals surface area (Å²) in [6.45, 7) is 0. The van der Waals surface area contributed by atoms with Gasteiger partial charge in [0, 0.05) is 24.0 Å². The Balaban J connectivity index is 2.15. The van der Waals surface area contributed by atoms with Crippen molar-refractivity contribution in [1.82, 2.24) is 19.7 Å². The molecular weight excluding hydrogens is 264 g/mol. The average Bonchev–Trinajstić information content (AvgIpc) is 3.08. The minimum Gasteiger partial charge on any atom is -0.478 e. The number of thiazole rings is 1. The van der Waals surface area contributed by atoms with Crippen LogP contribution in [0.5, 0.6) is 0 Å². The van der Waals surface area contributed by atoms with Gasteiger partial charge in [-0.05, 0) is 12.1 Å². The number of carboxylic acid groups (broad SMARTS) is 1. The molecule has 3 heterocycles. The molecule has 7 heteroatoms. The van der Waals surface area contributed by atoms with E-state index in [0.29, 0.717) is 16.5 Å². The summed E-state index contributed by atoms with van der Waals surface area (Å²) in [6, 6.07) is 5.35. The number of hydrogen-bond acceptors (Lipinski definition) is 5. The molecule has 0 radical (unpaired) electrons. The van der Waals surface area contributed by atoms with E-state index >= 15 is 0 Å². The van der Waals surface area contributed by atoms with Crippen LogP contribution < -0.4 is 0 Å². The van der Waals surface area contributed by atoms with Gasteiger partial charge in [0.25, 0.3) is 0 Å². The van der Waals surface area contributed by atoms with Crippen LogP contribution in [0.2, 0.25) is 0 Å². The van der Waals surface area contributed by atoms with E-state index in [2.05, 4.69) is 15.1 Å². The summed E-state index contributed by atoms with van der Waals surface area (Å²) in [4.78, 5) is 19.5. The molecule has 0 fully saturated rings. The van der Waals surface area contributed by atoms with Gasteiger partial charge in [0.05, 0.1) is 0 Å². The van der Waals surface area contributed by atoms with Crippen molar-refractivity contribution in [2.45, 2.75) is 0 Å². The zero-order valence-electron chi connectivity index (χ0n) is 9.59. The van der Waals surface area contributed by atoms with Crippen LogP contribution in [0.1, 0.15) is 10.4 Å². The summed E-state index contributed by atoms with van der Waals surface area (Å²) >= 11 is 1.35. The topological polar surface area (TPSA) is 80.9 Å². The summed E-state index contributed by atoms with van der Waals surface area (Å²) in [5.74, 6) is -0.472. The molecule has 1 N–H and O–H groups in total. The van der Waals surface area contributed by atoms with Gasteiger partial charge in [0.1, 0.15) is 16.3 Å². The molecular formula is C12H8N4O2S. The van der Waals surface area contributed by atoms with E-state index in [-0.39, 0.29) is 5.56 Å². The smallest absolute Gasteiger partial charge is 0.339 e. The van der Waals surface area contributed by atoms with Gasteiger partial charge < -0.3 is 5.11 Å². The zero-order valence-corrected chi connectivity index (χ0v) is 10.4. The number of carbonyl (C=O) groups is 1. The molecule has 0 saturated heterocycles. The highest BCUT2D eigenvalue weighted by Gasteiger charge is 2.19. The molecule has 0 bridgehead atoms. The van der Waals surface area contributed by atoms with Crippen LogP contribution in [0.3, 0.4) is 0 Å². The Hall–Kier alpha value is -2.54. The standard InChI is InChI=1S/C12H8N4O2S/c17-12(18)8-7-16(9-3-1-2-4-13-9)15-10(8)11-14-5-6-19-11/h1-7H,(H,17,18). The second-order valence-electron chi connectivity index (χ2n) is 3.67. The van der Waals surface area contributed by atoms with E-state index in [1.165, 1.54) is 22.2 Å². The molecule has 0 unspecified atom stereocenters. The molecule has 0 aliphatic carbocycles. The first-order valence-corrected chi connectivity index (χ1v) is 6.28. The largest absolute Gasteiger partial charge is 0.478 e.